The Hall–Kier alpha value is 0.260. The molecule has 0 aliphatic heterocycles. The Morgan fingerprint density at radius 3 is 2.21 bits per heavy atom. The number of hydrogen-bond acceptors (Lipinski definition) is 4. The van der Waals surface area contributed by atoms with Crippen LogP contribution in [0.2, 0.25) is 0 Å². The Bertz CT molecular complexity index is 779. The molecule has 4 fully saturated rings. The van der Waals surface area contributed by atoms with Gasteiger partial charge in [0.2, 0.25) is 0 Å². The normalized spacial score (nSPS) is 48.4. The summed E-state index contributed by atoms with van der Waals surface area (Å²) in [6, 6.07) is 0. The van der Waals surface area contributed by atoms with Gasteiger partial charge < -0.3 is 14.7 Å². The van der Waals surface area contributed by atoms with Gasteiger partial charge in [0, 0.05) is 0 Å². The number of hydrogen-bond donors (Lipinski definition) is 3. The average Bonchev–Trinajstić information content (AvgIpc) is 2.68. The molecular formula is C20H36O7P2. The average molecular weight is 450 g/mol. The van der Waals surface area contributed by atoms with Crippen LogP contribution in [0.4, 0.5) is 0 Å². The summed E-state index contributed by atoms with van der Waals surface area (Å²) >= 11 is 0. The summed E-state index contributed by atoms with van der Waals surface area (Å²) in [4.78, 5) is 27.9. The Morgan fingerprint density at radius 2 is 1.55 bits per heavy atom. The highest BCUT2D eigenvalue weighted by Crippen LogP contribution is 2.75. The zero-order valence-electron chi connectivity index (χ0n) is 18.0. The molecule has 7 nitrogen and oxygen atoms in total. The van der Waals surface area contributed by atoms with Gasteiger partial charge in [-0.3, -0.25) is 4.52 Å². The maximum Gasteiger partial charge on any atom is 0.481 e. The van der Waals surface area contributed by atoms with Crippen molar-refractivity contribution in [2.75, 3.05) is 0 Å². The van der Waals surface area contributed by atoms with Crippen LogP contribution < -0.4 is 0 Å². The van der Waals surface area contributed by atoms with Gasteiger partial charge in [0.15, 0.2) is 0 Å². The fourth-order valence-electron chi connectivity index (χ4n) is 8.51. The van der Waals surface area contributed by atoms with Crippen molar-refractivity contribution in [1.29, 1.82) is 0 Å². The van der Waals surface area contributed by atoms with Crippen LogP contribution in [-0.4, -0.2) is 20.8 Å². The highest BCUT2D eigenvalue weighted by atomic mass is 31.3. The van der Waals surface area contributed by atoms with E-state index in [1.165, 1.54) is 25.7 Å². The fraction of sp³-hybridized carbons (Fsp3) is 1.00. The van der Waals surface area contributed by atoms with E-state index in [0.29, 0.717) is 23.7 Å². The van der Waals surface area contributed by atoms with Gasteiger partial charge in [-0.25, -0.2) is 9.13 Å². The van der Waals surface area contributed by atoms with E-state index >= 15 is 0 Å². The quantitative estimate of drug-likeness (QED) is 0.491. The molecule has 0 amide bonds. The maximum absolute atomic E-state index is 12.3. The van der Waals surface area contributed by atoms with Crippen LogP contribution in [0, 0.1) is 33.5 Å². The second-order valence-corrected chi connectivity index (χ2v) is 14.3. The number of rotatable bonds is 4. The predicted octanol–water partition coefficient (Wildman–Crippen LogP) is 5.40. The molecule has 0 aromatic heterocycles. The number of phosphoric acid groups is 2. The van der Waals surface area contributed by atoms with Gasteiger partial charge in [0.1, 0.15) is 0 Å². The van der Waals surface area contributed by atoms with Crippen molar-refractivity contribution in [3.63, 3.8) is 0 Å². The van der Waals surface area contributed by atoms with Crippen molar-refractivity contribution in [2.24, 2.45) is 33.5 Å². The summed E-state index contributed by atoms with van der Waals surface area (Å²) in [6.45, 7) is 9.41. The summed E-state index contributed by atoms with van der Waals surface area (Å²) in [5, 5.41) is 0. The van der Waals surface area contributed by atoms with E-state index in [2.05, 4.69) is 32.0 Å². The molecule has 1 unspecified atom stereocenters. The van der Waals surface area contributed by atoms with Crippen molar-refractivity contribution in [3.8, 4) is 0 Å². The standard InChI is InChI=1S/C20H36O7P2/c1-17(2)8-5-9-19(4)14(17)7-11-20-12-16(18(3,13-20)10-6-15(19)20)26-29(24,25)27-28(21,22)23/h14-16H,5-13H2,1-4H3,(H,24,25)(H2,21,22,23)/t14-,15+,16+,18-,19-,20+/m1/s1. The molecule has 0 aromatic rings. The van der Waals surface area contributed by atoms with E-state index in [4.69, 9.17) is 14.3 Å². The molecule has 4 rings (SSSR count). The monoisotopic (exact) mass is 450 g/mol. The van der Waals surface area contributed by atoms with Crippen molar-refractivity contribution >= 4 is 15.6 Å². The zero-order valence-corrected chi connectivity index (χ0v) is 19.8. The topological polar surface area (TPSA) is 113 Å². The van der Waals surface area contributed by atoms with Crippen LogP contribution in [0.25, 0.3) is 0 Å². The van der Waals surface area contributed by atoms with E-state index in [-0.39, 0.29) is 16.2 Å². The lowest BCUT2D eigenvalue weighted by Gasteiger charge is -2.64. The largest absolute Gasteiger partial charge is 0.481 e. The second-order valence-electron chi connectivity index (χ2n) is 11.6. The van der Waals surface area contributed by atoms with Crippen LogP contribution in [0.3, 0.4) is 0 Å². The molecule has 4 aliphatic carbocycles. The Kier molecular flexibility index (Phi) is 5.14. The zero-order chi connectivity index (χ0) is 21.5. The van der Waals surface area contributed by atoms with E-state index in [1.807, 2.05) is 0 Å². The van der Waals surface area contributed by atoms with Gasteiger partial charge in [0.05, 0.1) is 6.10 Å². The van der Waals surface area contributed by atoms with E-state index < -0.39 is 21.7 Å². The predicted molar refractivity (Wildman–Crippen MR) is 109 cm³/mol. The molecule has 9 heteroatoms. The van der Waals surface area contributed by atoms with Crippen molar-refractivity contribution < 1.29 is 32.6 Å². The van der Waals surface area contributed by atoms with Crippen molar-refractivity contribution in [3.05, 3.63) is 0 Å². The third-order valence-electron chi connectivity index (χ3n) is 9.34. The fourth-order valence-corrected chi connectivity index (χ4v) is 10.4. The minimum atomic E-state index is -5.11. The second kappa shape index (κ2) is 6.63. The molecule has 0 radical (unpaired) electrons. The first-order valence-electron chi connectivity index (χ1n) is 10.9. The van der Waals surface area contributed by atoms with Gasteiger partial charge in [-0.1, -0.05) is 34.1 Å². The summed E-state index contributed by atoms with van der Waals surface area (Å²) in [6.07, 6.45) is 9.17. The minimum absolute atomic E-state index is 0.0818. The molecule has 3 N–H and O–H groups in total. The third kappa shape index (κ3) is 3.73. The first kappa shape index (κ1) is 22.5. The first-order valence-corrected chi connectivity index (χ1v) is 13.9. The molecule has 0 heterocycles. The molecule has 4 aliphatic rings. The van der Waals surface area contributed by atoms with Crippen molar-refractivity contribution in [2.45, 2.75) is 91.6 Å². The van der Waals surface area contributed by atoms with E-state index in [9.17, 15) is 14.0 Å². The molecule has 4 saturated carbocycles. The summed E-state index contributed by atoms with van der Waals surface area (Å²) in [5.74, 6) is 1.27. The van der Waals surface area contributed by atoms with Gasteiger partial charge in [-0.2, -0.15) is 4.31 Å². The van der Waals surface area contributed by atoms with E-state index in [1.54, 1.807) is 0 Å². The lowest BCUT2D eigenvalue weighted by atomic mass is 9.40. The number of fused-ring (bicyclic) bond motifs is 3. The highest BCUT2D eigenvalue weighted by molar-refractivity contribution is 7.60. The lowest BCUT2D eigenvalue weighted by Crippen LogP contribution is -2.56. The molecule has 29 heavy (non-hydrogen) atoms. The molecule has 1 spiro atoms. The Balaban J connectivity index is 1.61. The van der Waals surface area contributed by atoms with Crippen LogP contribution in [-0.2, 0) is 18.0 Å². The van der Waals surface area contributed by atoms with Crippen LogP contribution >= 0.6 is 15.6 Å². The van der Waals surface area contributed by atoms with Gasteiger partial charge in [0.25, 0.3) is 0 Å². The van der Waals surface area contributed by atoms with Crippen LogP contribution in [0.1, 0.15) is 85.5 Å². The van der Waals surface area contributed by atoms with Gasteiger partial charge in [-0.05, 0) is 84.9 Å². The van der Waals surface area contributed by atoms with Crippen molar-refractivity contribution in [1.82, 2.24) is 0 Å². The maximum atomic E-state index is 12.3. The summed E-state index contributed by atoms with van der Waals surface area (Å²) in [7, 11) is -9.94. The Morgan fingerprint density at radius 1 is 0.897 bits per heavy atom. The van der Waals surface area contributed by atoms with Crippen LogP contribution in [0.15, 0.2) is 0 Å². The first-order chi connectivity index (χ1) is 13.1. The molecule has 0 aromatic carbocycles. The van der Waals surface area contributed by atoms with Gasteiger partial charge >= 0.3 is 15.6 Å². The summed E-state index contributed by atoms with van der Waals surface area (Å²) in [5.41, 5.74) is 0.447. The SMILES string of the molecule is CC1(C)CCC[C@]2(C)[C@@H]1CC[C@@]13C[C@H](OP(=O)(O)OP(=O)(O)O)[C@](C)(CC[C@H]12)C3. The lowest BCUT2D eigenvalue weighted by molar-refractivity contribution is -0.149. The summed E-state index contributed by atoms with van der Waals surface area (Å²) < 4.78 is 32.9. The Labute approximate surface area is 173 Å². The van der Waals surface area contributed by atoms with Gasteiger partial charge in [-0.15, -0.1) is 0 Å². The molecule has 0 saturated heterocycles. The smallest absolute Gasteiger partial charge is 0.302 e. The number of phosphoric ester groups is 1. The third-order valence-corrected chi connectivity index (χ3v) is 11.5. The molecular weight excluding hydrogens is 414 g/mol. The minimum Gasteiger partial charge on any atom is -0.302 e. The molecule has 7 atom stereocenters. The highest BCUT2D eigenvalue weighted by Gasteiger charge is 2.67. The van der Waals surface area contributed by atoms with Crippen LogP contribution in [0.5, 0.6) is 0 Å². The molecule has 168 valence electrons. The molecule has 2 bridgehead atoms. The van der Waals surface area contributed by atoms with E-state index in [0.717, 1.165) is 25.7 Å².